The van der Waals surface area contributed by atoms with Gasteiger partial charge in [-0.05, 0) is 6.42 Å². The molecule has 9 nitrogen and oxygen atoms in total. The zero-order valence-corrected chi connectivity index (χ0v) is 11.1. The molecule has 0 amide bonds. The summed E-state index contributed by atoms with van der Waals surface area (Å²) in [4.78, 5) is 49.2. The number of Topliss-reactive ketones (excluding diaryl/α,β-unsaturated/α-hetero) is 1. The second-order valence-electron chi connectivity index (χ2n) is 3.05. The second kappa shape index (κ2) is 8.99. The van der Waals surface area contributed by atoms with Gasteiger partial charge in [0.2, 0.25) is 0 Å². The van der Waals surface area contributed by atoms with Crippen molar-refractivity contribution in [3.8, 4) is 0 Å². The molecule has 0 fully saturated rings. The summed E-state index contributed by atoms with van der Waals surface area (Å²) in [6, 6.07) is 0. The minimum Gasteiger partial charge on any atom is -0.394 e. The smallest absolute Gasteiger partial charge is 0.367 e. The zero-order valence-electron chi connectivity index (χ0n) is 9.08. The van der Waals surface area contributed by atoms with Crippen molar-refractivity contribution >= 4 is 34.2 Å². The fourth-order valence-corrected chi connectivity index (χ4v) is 1.52. The molecule has 104 valence electrons. The molecule has 0 saturated heterocycles. The molecule has 0 spiro atoms. The molecule has 18 heavy (non-hydrogen) atoms. The Balaban J connectivity index is 3.77. The molecule has 2 N–H and O–H groups in total. The third kappa shape index (κ3) is 10.2. The van der Waals surface area contributed by atoms with Gasteiger partial charge in [-0.2, -0.15) is 0 Å². The predicted molar refractivity (Wildman–Crippen MR) is 58.1 cm³/mol. The molecule has 0 bridgehead atoms. The fourth-order valence-electron chi connectivity index (χ4n) is 0.961. The van der Waals surface area contributed by atoms with Gasteiger partial charge in [-0.1, -0.05) is 0 Å². The number of hydrogen-bond acceptors (Lipinski definition) is 7. The fraction of sp³-hybridized carbons (Fsp3) is 0.571. The quantitative estimate of drug-likeness (QED) is 0.466. The van der Waals surface area contributed by atoms with Crippen LogP contribution in [-0.4, -0.2) is 27.5 Å². The van der Waals surface area contributed by atoms with Gasteiger partial charge in [-0.25, -0.2) is 9.13 Å². The Kier molecular flexibility index (Phi) is 8.49. The maximum absolute atomic E-state index is 11.1. The van der Waals surface area contributed by atoms with E-state index in [0.29, 0.717) is 0 Å². The highest BCUT2D eigenvalue weighted by Gasteiger charge is 2.13. The van der Waals surface area contributed by atoms with E-state index in [1.54, 1.807) is 0 Å². The van der Waals surface area contributed by atoms with Gasteiger partial charge in [0, 0.05) is 12.8 Å². The average Bonchev–Trinajstić information content (AvgIpc) is 2.13. The third-order valence-corrected chi connectivity index (χ3v) is 2.38. The maximum atomic E-state index is 11.1. The molecule has 0 aromatic carbocycles. The zero-order chi connectivity index (χ0) is 14.1. The minimum atomic E-state index is -3.41. The van der Waals surface area contributed by atoms with Gasteiger partial charge in [0.25, 0.3) is 0 Å². The first-order valence-electron chi connectivity index (χ1n) is 4.70. The van der Waals surface area contributed by atoms with Crippen LogP contribution in [0.3, 0.4) is 0 Å². The number of ketones is 1. The SMILES string of the molecule is O=C(CCCC(=O)O[PH](=O)O)CC(=O)O[PH](=O)O. The monoisotopic (exact) mass is 302 g/mol. The molecule has 0 aliphatic heterocycles. The Bertz CT molecular complexity index is 377. The van der Waals surface area contributed by atoms with Gasteiger partial charge in [0.1, 0.15) is 12.2 Å². The topological polar surface area (TPSA) is 144 Å². The molecule has 2 atom stereocenters. The summed E-state index contributed by atoms with van der Waals surface area (Å²) in [5.41, 5.74) is 0. The Hall–Kier alpha value is -1.01. The van der Waals surface area contributed by atoms with Crippen LogP contribution in [-0.2, 0) is 32.6 Å². The lowest BCUT2D eigenvalue weighted by Crippen LogP contribution is -2.09. The van der Waals surface area contributed by atoms with Gasteiger partial charge in [-0.15, -0.1) is 0 Å². The van der Waals surface area contributed by atoms with Crippen LogP contribution in [0.15, 0.2) is 0 Å². The van der Waals surface area contributed by atoms with Gasteiger partial charge < -0.3 is 18.8 Å². The van der Waals surface area contributed by atoms with Crippen molar-refractivity contribution in [3.63, 3.8) is 0 Å². The highest BCUT2D eigenvalue weighted by molar-refractivity contribution is 7.33. The molecule has 11 heteroatoms. The van der Waals surface area contributed by atoms with Crippen molar-refractivity contribution in [2.45, 2.75) is 25.7 Å². The van der Waals surface area contributed by atoms with Gasteiger partial charge in [-0.3, -0.25) is 14.4 Å². The van der Waals surface area contributed by atoms with E-state index in [1.807, 2.05) is 0 Å². The Morgan fingerprint density at radius 1 is 0.889 bits per heavy atom. The molecule has 2 unspecified atom stereocenters. The number of carbonyl (C=O) groups is 3. The van der Waals surface area contributed by atoms with Crippen molar-refractivity contribution in [2.24, 2.45) is 0 Å². The summed E-state index contributed by atoms with van der Waals surface area (Å²) in [5, 5.41) is 0. The highest BCUT2D eigenvalue weighted by atomic mass is 31.1. The molecule has 0 aromatic heterocycles. The summed E-state index contributed by atoms with van der Waals surface area (Å²) in [7, 11) is -6.74. The third-order valence-electron chi connectivity index (χ3n) is 1.58. The maximum Gasteiger partial charge on any atom is 0.367 e. The Morgan fingerprint density at radius 3 is 1.89 bits per heavy atom. The lowest BCUT2D eigenvalue weighted by molar-refractivity contribution is -0.137. The number of hydrogen-bond donors (Lipinski definition) is 2. The van der Waals surface area contributed by atoms with E-state index in [-0.39, 0.29) is 19.3 Å². The van der Waals surface area contributed by atoms with E-state index in [0.717, 1.165) is 0 Å². The van der Waals surface area contributed by atoms with Crippen molar-refractivity contribution in [1.82, 2.24) is 0 Å². The number of rotatable bonds is 8. The Morgan fingerprint density at radius 2 is 1.39 bits per heavy atom. The molecule has 0 rings (SSSR count). The molecule has 0 heterocycles. The van der Waals surface area contributed by atoms with Crippen LogP contribution in [0.25, 0.3) is 0 Å². The molecule has 0 aromatic rings. The first kappa shape index (κ1) is 17.0. The summed E-state index contributed by atoms with van der Waals surface area (Å²) in [5.74, 6) is -2.61. The first-order valence-corrected chi connectivity index (χ1v) is 7.23. The van der Waals surface area contributed by atoms with Crippen LogP contribution in [0.5, 0.6) is 0 Å². The van der Waals surface area contributed by atoms with Crippen LogP contribution < -0.4 is 0 Å². The van der Waals surface area contributed by atoms with Crippen LogP contribution in [0.2, 0.25) is 0 Å². The van der Waals surface area contributed by atoms with E-state index >= 15 is 0 Å². The molecule has 0 aliphatic carbocycles. The standard InChI is InChI=1S/C7H12O9P2/c8-5(4-7(10)16-18(13)14)2-1-3-6(9)15-17(11)12/h17-18H,1-4H2,(H,11,12)(H,13,14). The average molecular weight is 302 g/mol. The molecular formula is C7H12O9P2. The summed E-state index contributed by atoms with van der Waals surface area (Å²) in [6.45, 7) is 0. The van der Waals surface area contributed by atoms with E-state index in [2.05, 4.69) is 9.05 Å². The van der Waals surface area contributed by atoms with Crippen molar-refractivity contribution < 1.29 is 42.3 Å². The van der Waals surface area contributed by atoms with Crippen molar-refractivity contribution in [1.29, 1.82) is 0 Å². The first-order chi connectivity index (χ1) is 8.31. The van der Waals surface area contributed by atoms with Crippen molar-refractivity contribution in [3.05, 3.63) is 0 Å². The minimum absolute atomic E-state index is 0.0361. The van der Waals surface area contributed by atoms with Gasteiger partial charge in [0.15, 0.2) is 0 Å². The largest absolute Gasteiger partial charge is 0.394 e. The lowest BCUT2D eigenvalue weighted by atomic mass is 10.1. The van der Waals surface area contributed by atoms with E-state index in [4.69, 9.17) is 9.79 Å². The molecule has 0 saturated carbocycles. The van der Waals surface area contributed by atoms with E-state index in [1.165, 1.54) is 0 Å². The number of carbonyl (C=O) groups excluding carboxylic acids is 3. The van der Waals surface area contributed by atoms with Gasteiger partial charge >= 0.3 is 28.4 Å². The molecule has 0 radical (unpaired) electrons. The van der Waals surface area contributed by atoms with Gasteiger partial charge in [0.05, 0.1) is 0 Å². The normalized spacial score (nSPS) is 13.4. The van der Waals surface area contributed by atoms with Crippen LogP contribution in [0, 0.1) is 0 Å². The summed E-state index contributed by atoms with van der Waals surface area (Å²) >= 11 is 0. The van der Waals surface area contributed by atoms with E-state index in [9.17, 15) is 23.5 Å². The lowest BCUT2D eigenvalue weighted by Gasteiger charge is -2.01. The Labute approximate surface area is 103 Å². The summed E-state index contributed by atoms with van der Waals surface area (Å²) in [6.07, 6.45) is -1.02. The van der Waals surface area contributed by atoms with Crippen LogP contribution in [0.4, 0.5) is 0 Å². The van der Waals surface area contributed by atoms with Crippen LogP contribution in [0.1, 0.15) is 25.7 Å². The van der Waals surface area contributed by atoms with E-state index < -0.39 is 40.7 Å². The molecule has 0 aliphatic rings. The highest BCUT2D eigenvalue weighted by Crippen LogP contribution is 2.17. The molecular weight excluding hydrogens is 290 g/mol. The van der Waals surface area contributed by atoms with Crippen LogP contribution >= 0.6 is 16.5 Å². The predicted octanol–water partition coefficient (Wildman–Crippen LogP) is -0.0337. The van der Waals surface area contributed by atoms with Crippen molar-refractivity contribution in [2.75, 3.05) is 0 Å². The second-order valence-corrected chi connectivity index (χ2v) is 4.52. The summed E-state index contributed by atoms with van der Waals surface area (Å²) < 4.78 is 28.1.